The molecule has 0 spiro atoms. The number of amides is 3. The number of rotatable bonds is 10. The molecule has 0 aliphatic heterocycles. The smallest absolute Gasteiger partial charge is 0.248 e. The molecular weight excluding hydrogens is 507 g/mol. The fraction of sp³-hybridized carbons (Fsp3) is 0.310. The van der Waals surface area contributed by atoms with Gasteiger partial charge in [-0.05, 0) is 61.2 Å². The van der Waals surface area contributed by atoms with E-state index >= 15 is 4.39 Å². The molecule has 7 nitrogen and oxygen atoms in total. The fourth-order valence-electron chi connectivity index (χ4n) is 4.64. The van der Waals surface area contributed by atoms with Crippen LogP contribution in [0.5, 0.6) is 0 Å². The number of aromatic nitrogens is 1. The molecule has 1 aliphatic rings. The zero-order valence-corrected chi connectivity index (χ0v) is 21.7. The summed E-state index contributed by atoms with van der Waals surface area (Å²) in [6.07, 6.45) is 5.54. The largest absolute Gasteiger partial charge is 0.351 e. The summed E-state index contributed by atoms with van der Waals surface area (Å²) in [5.41, 5.74) is 0.506. The van der Waals surface area contributed by atoms with Gasteiger partial charge in [0.25, 0.3) is 0 Å². The average molecular weight is 537 g/mol. The molecule has 198 valence electrons. The highest BCUT2D eigenvalue weighted by molar-refractivity contribution is 6.30. The monoisotopic (exact) mass is 536 g/mol. The lowest BCUT2D eigenvalue weighted by molar-refractivity contribution is -0.127. The molecule has 1 saturated carbocycles. The number of nitrogens with zero attached hydrogens (tertiary/aromatic N) is 2. The third kappa shape index (κ3) is 7.16. The molecule has 0 saturated heterocycles. The normalized spacial score (nSPS) is 14.1. The van der Waals surface area contributed by atoms with Gasteiger partial charge in [0, 0.05) is 30.1 Å². The van der Waals surface area contributed by atoms with Gasteiger partial charge in [-0.3, -0.25) is 19.3 Å². The van der Waals surface area contributed by atoms with Crippen LogP contribution in [0.4, 0.5) is 15.9 Å². The van der Waals surface area contributed by atoms with Crippen molar-refractivity contribution in [2.75, 3.05) is 10.2 Å². The lowest BCUT2D eigenvalue weighted by Gasteiger charge is -2.32. The summed E-state index contributed by atoms with van der Waals surface area (Å²) in [4.78, 5) is 45.0. The van der Waals surface area contributed by atoms with Crippen molar-refractivity contribution in [1.82, 2.24) is 10.3 Å². The summed E-state index contributed by atoms with van der Waals surface area (Å²) in [6.45, 7) is 0. The number of hydrogen-bond acceptors (Lipinski definition) is 4. The molecule has 0 bridgehead atoms. The third-order valence-electron chi connectivity index (χ3n) is 6.50. The first-order valence-corrected chi connectivity index (χ1v) is 13.1. The number of para-hydroxylation sites is 1. The van der Waals surface area contributed by atoms with Crippen LogP contribution in [0, 0.1) is 5.82 Å². The molecule has 2 aromatic carbocycles. The zero-order chi connectivity index (χ0) is 26.9. The van der Waals surface area contributed by atoms with Crippen molar-refractivity contribution in [2.45, 2.75) is 57.0 Å². The highest BCUT2D eigenvalue weighted by Gasteiger charge is 2.35. The standard InChI is InChI=1S/C29H30ClFN4O3/c30-21-17-15-20(16-18-21)28(29(38)33-22-8-1-2-9-22)35(24-11-4-3-10-23(24)31)27(37)14-7-13-26(36)34-25-12-5-6-19-32-25/h3-6,10-12,15-19,22,28H,1-2,7-9,13-14H2,(H,33,38)(H,32,34,36)/t28-/m0/s1. The molecule has 0 unspecified atom stereocenters. The minimum absolute atomic E-state index is 0.00282. The van der Waals surface area contributed by atoms with Crippen molar-refractivity contribution in [3.63, 3.8) is 0 Å². The third-order valence-corrected chi connectivity index (χ3v) is 6.75. The molecule has 1 aliphatic carbocycles. The molecule has 9 heteroatoms. The Bertz CT molecular complexity index is 1250. The second-order valence-electron chi connectivity index (χ2n) is 9.28. The first-order valence-electron chi connectivity index (χ1n) is 12.8. The SMILES string of the molecule is O=C(CCCC(=O)N(c1ccccc1F)[C@H](C(=O)NC1CCCC1)c1ccc(Cl)cc1)Nc1ccccn1. The minimum Gasteiger partial charge on any atom is -0.351 e. The zero-order valence-electron chi connectivity index (χ0n) is 20.9. The van der Waals surface area contributed by atoms with Crippen molar-refractivity contribution in [3.8, 4) is 0 Å². The molecule has 3 amide bonds. The van der Waals surface area contributed by atoms with Gasteiger partial charge in [-0.2, -0.15) is 0 Å². The number of anilines is 2. The van der Waals surface area contributed by atoms with Crippen LogP contribution in [0.25, 0.3) is 0 Å². The van der Waals surface area contributed by atoms with Crippen molar-refractivity contribution in [1.29, 1.82) is 0 Å². The predicted molar refractivity (Wildman–Crippen MR) is 145 cm³/mol. The summed E-state index contributed by atoms with van der Waals surface area (Å²) in [5.74, 6) is -1.35. The molecule has 2 N–H and O–H groups in total. The van der Waals surface area contributed by atoms with Gasteiger partial charge in [-0.25, -0.2) is 9.37 Å². The lowest BCUT2D eigenvalue weighted by Crippen LogP contribution is -2.46. The fourth-order valence-corrected chi connectivity index (χ4v) is 4.77. The lowest BCUT2D eigenvalue weighted by atomic mass is 10.0. The summed E-state index contributed by atoms with van der Waals surface area (Å²) >= 11 is 6.09. The number of halogens is 2. The van der Waals surface area contributed by atoms with Gasteiger partial charge in [0.15, 0.2) is 0 Å². The van der Waals surface area contributed by atoms with E-state index < -0.39 is 17.8 Å². The number of carbonyl (C=O) groups is 3. The highest BCUT2D eigenvalue weighted by atomic mass is 35.5. The van der Waals surface area contributed by atoms with Crippen molar-refractivity contribution in [3.05, 3.63) is 89.3 Å². The van der Waals surface area contributed by atoms with Crippen LogP contribution in [-0.4, -0.2) is 28.7 Å². The first-order chi connectivity index (χ1) is 18.4. The Morgan fingerprint density at radius 1 is 0.974 bits per heavy atom. The Balaban J connectivity index is 1.58. The Labute approximate surface area is 226 Å². The molecule has 4 rings (SSSR count). The number of nitrogens with one attached hydrogen (secondary N) is 2. The Morgan fingerprint density at radius 3 is 2.37 bits per heavy atom. The quantitative estimate of drug-likeness (QED) is 0.342. The van der Waals surface area contributed by atoms with Gasteiger partial charge >= 0.3 is 0 Å². The number of benzene rings is 2. The maximum absolute atomic E-state index is 15.1. The topological polar surface area (TPSA) is 91.4 Å². The van der Waals surface area contributed by atoms with Crippen molar-refractivity contribution in [2.24, 2.45) is 0 Å². The van der Waals surface area contributed by atoms with Gasteiger partial charge in [-0.1, -0.05) is 54.8 Å². The molecule has 0 radical (unpaired) electrons. The van der Waals surface area contributed by atoms with Gasteiger partial charge < -0.3 is 10.6 Å². The second-order valence-corrected chi connectivity index (χ2v) is 9.71. The van der Waals surface area contributed by atoms with Gasteiger partial charge in [0.1, 0.15) is 17.7 Å². The maximum Gasteiger partial charge on any atom is 0.248 e. The maximum atomic E-state index is 15.1. The molecule has 1 aromatic heterocycles. The van der Waals surface area contributed by atoms with E-state index in [1.54, 1.807) is 54.7 Å². The average Bonchev–Trinajstić information content (AvgIpc) is 3.42. The first kappa shape index (κ1) is 27.3. The van der Waals surface area contributed by atoms with Crippen molar-refractivity contribution < 1.29 is 18.8 Å². The highest BCUT2D eigenvalue weighted by Crippen LogP contribution is 2.32. The number of hydrogen-bond donors (Lipinski definition) is 2. The summed E-state index contributed by atoms with van der Waals surface area (Å²) in [5, 5.41) is 6.22. The Hall–Kier alpha value is -3.78. The molecule has 1 heterocycles. The van der Waals surface area contributed by atoms with Gasteiger partial charge in [0.2, 0.25) is 17.7 Å². The van der Waals surface area contributed by atoms with Crippen molar-refractivity contribution >= 4 is 40.8 Å². The van der Waals surface area contributed by atoms with Gasteiger partial charge in [0.05, 0.1) is 5.69 Å². The van der Waals surface area contributed by atoms with Crippen LogP contribution in [0.1, 0.15) is 56.6 Å². The van der Waals surface area contributed by atoms with Crippen LogP contribution in [0.3, 0.4) is 0 Å². The van der Waals surface area contributed by atoms with E-state index in [1.165, 1.54) is 23.1 Å². The number of carbonyl (C=O) groups excluding carboxylic acids is 3. The van der Waals surface area contributed by atoms with Crippen LogP contribution >= 0.6 is 11.6 Å². The molecule has 38 heavy (non-hydrogen) atoms. The Kier molecular flexibility index (Phi) is 9.43. The molecule has 1 fully saturated rings. The molecule has 1 atom stereocenters. The Morgan fingerprint density at radius 2 is 1.68 bits per heavy atom. The van der Waals surface area contributed by atoms with E-state index in [2.05, 4.69) is 15.6 Å². The van der Waals surface area contributed by atoms with E-state index in [0.29, 0.717) is 16.4 Å². The number of pyridine rings is 1. The van der Waals surface area contributed by atoms with E-state index in [1.807, 2.05) is 0 Å². The van der Waals surface area contributed by atoms with E-state index in [0.717, 1.165) is 25.7 Å². The summed E-state index contributed by atoms with van der Waals surface area (Å²) in [7, 11) is 0. The van der Waals surface area contributed by atoms with E-state index in [-0.39, 0.29) is 42.8 Å². The van der Waals surface area contributed by atoms with Crippen LogP contribution < -0.4 is 15.5 Å². The van der Waals surface area contributed by atoms with E-state index in [4.69, 9.17) is 11.6 Å². The van der Waals surface area contributed by atoms with Gasteiger partial charge in [-0.15, -0.1) is 0 Å². The van der Waals surface area contributed by atoms with Crippen LogP contribution in [0.15, 0.2) is 72.9 Å². The summed E-state index contributed by atoms with van der Waals surface area (Å²) in [6, 6.07) is 16.6. The molecular formula is C29H30ClFN4O3. The molecule has 3 aromatic rings. The minimum atomic E-state index is -1.11. The summed E-state index contributed by atoms with van der Waals surface area (Å²) < 4.78 is 15.1. The van der Waals surface area contributed by atoms with Crippen LogP contribution in [-0.2, 0) is 14.4 Å². The van der Waals surface area contributed by atoms with Crippen LogP contribution in [0.2, 0.25) is 5.02 Å². The predicted octanol–water partition coefficient (Wildman–Crippen LogP) is 5.82. The van der Waals surface area contributed by atoms with E-state index in [9.17, 15) is 14.4 Å². The second kappa shape index (κ2) is 13.1.